The van der Waals surface area contributed by atoms with Crippen molar-refractivity contribution in [2.24, 2.45) is 0 Å². The van der Waals surface area contributed by atoms with E-state index in [1.54, 1.807) is 28.4 Å². The monoisotopic (exact) mass is 579 g/mol. The molecule has 2 heterocycles. The van der Waals surface area contributed by atoms with Gasteiger partial charge in [-0.15, -0.1) is 12.1 Å². The zero-order valence-corrected chi connectivity index (χ0v) is 23.9. The van der Waals surface area contributed by atoms with Crippen LogP contribution in [0.5, 0.6) is 0 Å². The van der Waals surface area contributed by atoms with E-state index in [1.165, 1.54) is 24.3 Å². The average molecular weight is 580 g/mol. The Labute approximate surface area is 245 Å². The lowest BCUT2D eigenvalue weighted by Crippen LogP contribution is -2.54. The molecule has 3 N–H and O–H groups in total. The Balaban J connectivity index is 1.24. The first-order valence-corrected chi connectivity index (χ1v) is 14.5. The molecule has 5 rings (SSSR count). The number of likely N-dealkylation sites (N-methyl/N-ethyl adjacent to an activating group) is 1. The van der Waals surface area contributed by atoms with Gasteiger partial charge in [0.1, 0.15) is 17.7 Å². The lowest BCUT2D eigenvalue weighted by molar-refractivity contribution is -0.135. The van der Waals surface area contributed by atoms with Crippen molar-refractivity contribution in [3.63, 3.8) is 0 Å². The highest BCUT2D eigenvalue weighted by Gasteiger charge is 2.42. The van der Waals surface area contributed by atoms with Crippen LogP contribution in [0.2, 0.25) is 0 Å². The number of nitrogens with one attached hydrogen (secondary N) is 3. The summed E-state index contributed by atoms with van der Waals surface area (Å²) in [4.78, 5) is 33.1. The molecule has 9 nitrogen and oxygen atoms in total. The predicted molar refractivity (Wildman–Crippen MR) is 158 cm³/mol. The summed E-state index contributed by atoms with van der Waals surface area (Å²) in [5, 5.41) is 4.43. The van der Waals surface area contributed by atoms with Gasteiger partial charge in [-0.25, -0.2) is 8.78 Å². The fourth-order valence-corrected chi connectivity index (χ4v) is 5.70. The molecule has 0 spiro atoms. The topological polar surface area (TPSA) is 83.2 Å². The van der Waals surface area contributed by atoms with Crippen LogP contribution in [0.3, 0.4) is 0 Å². The summed E-state index contributed by atoms with van der Waals surface area (Å²) in [6.45, 7) is 8.00. The van der Waals surface area contributed by atoms with Crippen molar-refractivity contribution in [3.05, 3.63) is 90.3 Å². The standard InChI is InChI=1S/C31H39F2N7O2/c1-3-13-38(29-21-26(29)22-6-8-23(32)9-7-22)14-4-5-28(31(42)39-18-16-37(2)17-19-39)35-30(41)25-11-10-24(20-27(25)33)40-15-12-34-36-40/h3,6-12,15,20,26,28-29,34,36H,1,4-5,13-14,16-19,21H2,2H3,(H,35,41)/t26-,28-,29+/m0/s1. The number of nitrogens with zero attached hydrogens (tertiary/aromatic N) is 4. The fraction of sp³-hybridized carbons (Fsp3) is 0.419. The maximum atomic E-state index is 15.0. The summed E-state index contributed by atoms with van der Waals surface area (Å²) < 4.78 is 28.4. The lowest BCUT2D eigenvalue weighted by atomic mass is 10.1. The van der Waals surface area contributed by atoms with Crippen LogP contribution < -0.4 is 21.3 Å². The lowest BCUT2D eigenvalue weighted by Gasteiger charge is -2.35. The van der Waals surface area contributed by atoms with Crippen LogP contribution in [0.15, 0.2) is 67.5 Å². The van der Waals surface area contributed by atoms with Gasteiger partial charge in [0.2, 0.25) is 5.91 Å². The van der Waals surface area contributed by atoms with Gasteiger partial charge in [0.05, 0.1) is 11.3 Å². The molecule has 2 amide bonds. The first-order valence-electron chi connectivity index (χ1n) is 14.5. The zero-order chi connectivity index (χ0) is 29.6. The van der Waals surface area contributed by atoms with Gasteiger partial charge in [-0.05, 0) is 68.8 Å². The van der Waals surface area contributed by atoms with Crippen molar-refractivity contribution < 1.29 is 18.4 Å². The van der Waals surface area contributed by atoms with Gasteiger partial charge in [0.25, 0.3) is 5.91 Å². The molecule has 2 aromatic rings. The van der Waals surface area contributed by atoms with Gasteiger partial charge >= 0.3 is 0 Å². The summed E-state index contributed by atoms with van der Waals surface area (Å²) >= 11 is 0. The van der Waals surface area contributed by atoms with Gasteiger partial charge in [-0.1, -0.05) is 18.2 Å². The van der Waals surface area contributed by atoms with Gasteiger partial charge in [-0.3, -0.25) is 19.5 Å². The minimum absolute atomic E-state index is 0.112. The van der Waals surface area contributed by atoms with Gasteiger partial charge in [0, 0.05) is 57.1 Å². The minimum atomic E-state index is -0.773. The third-order valence-corrected chi connectivity index (χ3v) is 8.21. The van der Waals surface area contributed by atoms with E-state index >= 15 is 4.39 Å². The number of carbonyl (C=O) groups is 2. The van der Waals surface area contributed by atoms with E-state index < -0.39 is 17.8 Å². The molecule has 2 aliphatic heterocycles. The maximum Gasteiger partial charge on any atom is 0.254 e. The molecule has 2 fully saturated rings. The Hall–Kier alpha value is -3.80. The van der Waals surface area contributed by atoms with Crippen molar-refractivity contribution in [1.29, 1.82) is 0 Å². The number of anilines is 1. The predicted octanol–water partition coefficient (Wildman–Crippen LogP) is 2.96. The molecule has 0 aromatic heterocycles. The van der Waals surface area contributed by atoms with E-state index in [2.05, 4.69) is 32.7 Å². The Morgan fingerprint density at radius 1 is 1.14 bits per heavy atom. The number of amides is 2. The quantitative estimate of drug-likeness (QED) is 0.334. The van der Waals surface area contributed by atoms with Crippen LogP contribution in [0.25, 0.3) is 0 Å². The zero-order valence-electron chi connectivity index (χ0n) is 23.9. The summed E-state index contributed by atoms with van der Waals surface area (Å²) in [5.41, 5.74) is 7.14. The summed E-state index contributed by atoms with van der Waals surface area (Å²) in [7, 11) is 2.02. The molecule has 2 aromatic carbocycles. The minimum Gasteiger partial charge on any atom is -0.340 e. The van der Waals surface area contributed by atoms with E-state index in [-0.39, 0.29) is 17.3 Å². The van der Waals surface area contributed by atoms with Crippen molar-refractivity contribution >= 4 is 17.5 Å². The molecule has 1 aliphatic carbocycles. The molecule has 3 atom stereocenters. The van der Waals surface area contributed by atoms with E-state index in [1.807, 2.05) is 25.3 Å². The van der Waals surface area contributed by atoms with Crippen LogP contribution >= 0.6 is 0 Å². The van der Waals surface area contributed by atoms with E-state index in [0.717, 1.165) is 25.1 Å². The number of halogens is 2. The highest BCUT2D eigenvalue weighted by atomic mass is 19.1. The third kappa shape index (κ3) is 7.15. The Morgan fingerprint density at radius 3 is 2.57 bits per heavy atom. The number of rotatable bonds is 12. The fourth-order valence-electron chi connectivity index (χ4n) is 5.70. The summed E-state index contributed by atoms with van der Waals surface area (Å²) in [6.07, 6.45) is 7.28. The SMILES string of the molecule is C=CCN(CCC[C@H](NC(=O)c1ccc(N2C=CNN2)cc1F)C(=O)N1CCN(C)CC1)[C@@H]1C[C@H]1c1ccc(F)cc1. The molecule has 224 valence electrons. The van der Waals surface area contributed by atoms with Gasteiger partial charge in [0.15, 0.2) is 0 Å². The van der Waals surface area contributed by atoms with Crippen LogP contribution in [-0.2, 0) is 4.79 Å². The molecule has 0 radical (unpaired) electrons. The van der Waals surface area contributed by atoms with Crippen molar-refractivity contribution in [3.8, 4) is 0 Å². The van der Waals surface area contributed by atoms with Crippen LogP contribution in [0, 0.1) is 11.6 Å². The first kappa shape index (κ1) is 29.7. The van der Waals surface area contributed by atoms with E-state index in [0.29, 0.717) is 56.7 Å². The smallest absolute Gasteiger partial charge is 0.254 e. The molecule has 0 bridgehead atoms. The second-order valence-corrected chi connectivity index (χ2v) is 11.1. The molecule has 0 unspecified atom stereocenters. The Morgan fingerprint density at radius 2 is 1.90 bits per heavy atom. The molecule has 11 heteroatoms. The number of benzene rings is 2. The Bertz CT molecular complexity index is 1300. The normalized spacial score (nSPS) is 20.9. The molecule has 3 aliphatic rings. The maximum absolute atomic E-state index is 15.0. The van der Waals surface area contributed by atoms with Crippen LogP contribution in [-0.4, -0.2) is 84.9 Å². The van der Waals surface area contributed by atoms with Gasteiger partial charge < -0.3 is 20.5 Å². The van der Waals surface area contributed by atoms with Gasteiger partial charge in [-0.2, -0.15) is 0 Å². The summed E-state index contributed by atoms with van der Waals surface area (Å²) in [5.74, 6) is -1.34. The van der Waals surface area contributed by atoms with Crippen molar-refractivity contribution in [2.75, 3.05) is 51.3 Å². The number of piperazine rings is 1. The number of hydrogen-bond donors (Lipinski definition) is 3. The van der Waals surface area contributed by atoms with Crippen molar-refractivity contribution in [1.82, 2.24) is 31.0 Å². The van der Waals surface area contributed by atoms with Crippen LogP contribution in [0.1, 0.15) is 41.1 Å². The molecule has 42 heavy (non-hydrogen) atoms. The highest BCUT2D eigenvalue weighted by Crippen LogP contribution is 2.44. The highest BCUT2D eigenvalue weighted by molar-refractivity contribution is 5.98. The molecule has 1 saturated heterocycles. The number of hydrazine groups is 2. The van der Waals surface area contributed by atoms with E-state index in [9.17, 15) is 14.0 Å². The Kier molecular flexibility index (Phi) is 9.51. The second kappa shape index (κ2) is 13.5. The first-order chi connectivity index (χ1) is 20.3. The van der Waals surface area contributed by atoms with Crippen LogP contribution in [0.4, 0.5) is 14.5 Å². The average Bonchev–Trinajstić information content (AvgIpc) is 3.58. The second-order valence-electron chi connectivity index (χ2n) is 11.1. The number of carbonyl (C=O) groups excluding carboxylic acids is 2. The molecule has 1 saturated carbocycles. The molecular formula is C31H39F2N7O2. The van der Waals surface area contributed by atoms with Crippen molar-refractivity contribution in [2.45, 2.75) is 37.3 Å². The summed E-state index contributed by atoms with van der Waals surface area (Å²) in [6, 6.07) is 10.6. The molecular weight excluding hydrogens is 540 g/mol. The number of hydrogen-bond acceptors (Lipinski definition) is 7. The largest absolute Gasteiger partial charge is 0.340 e. The third-order valence-electron chi connectivity index (χ3n) is 8.21. The van der Waals surface area contributed by atoms with E-state index in [4.69, 9.17) is 0 Å².